The molecule has 0 spiro atoms. The molecule has 0 heterocycles. The van der Waals surface area contributed by atoms with Gasteiger partial charge in [-0.1, -0.05) is 73.5 Å². The van der Waals surface area contributed by atoms with Gasteiger partial charge in [0.1, 0.15) is 0 Å². The molecule has 0 aliphatic carbocycles. The van der Waals surface area contributed by atoms with Crippen LogP contribution in [0.15, 0.2) is 60.7 Å². The smallest absolute Gasteiger partial charge is 0.0728 e. The van der Waals surface area contributed by atoms with E-state index in [0.29, 0.717) is 12.8 Å². The fourth-order valence-electron chi connectivity index (χ4n) is 2.93. The maximum Gasteiger partial charge on any atom is 0.0728 e. The summed E-state index contributed by atoms with van der Waals surface area (Å²) < 4.78 is 0. The Morgan fingerprint density at radius 2 is 1.18 bits per heavy atom. The topological polar surface area (TPSA) is 40.5 Å². The molecule has 0 saturated carbocycles. The summed E-state index contributed by atoms with van der Waals surface area (Å²) in [7, 11) is 0. The number of hydrogen-bond acceptors (Lipinski definition) is 2. The highest BCUT2D eigenvalue weighted by atomic mass is 16.3. The fourth-order valence-corrected chi connectivity index (χ4v) is 2.93. The lowest BCUT2D eigenvalue weighted by Crippen LogP contribution is -2.34. The zero-order chi connectivity index (χ0) is 15.7. The highest BCUT2D eigenvalue weighted by molar-refractivity contribution is 5.21. The summed E-state index contributed by atoms with van der Waals surface area (Å²) in [6, 6.07) is 20.4. The van der Waals surface area contributed by atoms with Crippen LogP contribution in [0.2, 0.25) is 0 Å². The van der Waals surface area contributed by atoms with Crippen LogP contribution in [0, 0.1) is 0 Å². The Morgan fingerprint density at radius 3 is 1.64 bits per heavy atom. The van der Waals surface area contributed by atoms with Crippen molar-refractivity contribution in [3.05, 3.63) is 71.8 Å². The summed E-state index contributed by atoms with van der Waals surface area (Å²) >= 11 is 0. The van der Waals surface area contributed by atoms with Gasteiger partial charge >= 0.3 is 0 Å². The van der Waals surface area contributed by atoms with E-state index in [1.54, 1.807) is 0 Å². The van der Waals surface area contributed by atoms with Crippen LogP contribution in [0.4, 0.5) is 0 Å². The van der Waals surface area contributed by atoms with Gasteiger partial charge in [0.2, 0.25) is 0 Å². The molecule has 2 N–H and O–H groups in total. The van der Waals surface area contributed by atoms with E-state index in [1.807, 2.05) is 36.4 Å². The summed E-state index contributed by atoms with van der Waals surface area (Å²) in [6.07, 6.45) is 4.81. The van der Waals surface area contributed by atoms with Crippen LogP contribution in [0.5, 0.6) is 0 Å². The summed E-state index contributed by atoms with van der Waals surface area (Å²) in [5, 5.41) is 20.1. The zero-order valence-electron chi connectivity index (χ0n) is 13.1. The van der Waals surface area contributed by atoms with Crippen molar-refractivity contribution in [3.8, 4) is 0 Å². The zero-order valence-corrected chi connectivity index (χ0v) is 13.1. The number of rotatable bonds is 9. The number of unbranched alkanes of at least 4 members (excludes halogenated alkanes) is 2. The maximum absolute atomic E-state index is 11.2. The molecule has 0 radical (unpaired) electrons. The van der Waals surface area contributed by atoms with Gasteiger partial charge in [0.05, 0.1) is 5.60 Å². The average molecular weight is 298 g/mol. The second-order valence-electron chi connectivity index (χ2n) is 6.08. The predicted molar refractivity (Wildman–Crippen MR) is 90.8 cm³/mol. The average Bonchev–Trinajstić information content (AvgIpc) is 2.53. The van der Waals surface area contributed by atoms with Gasteiger partial charge in [0, 0.05) is 19.4 Å². The fraction of sp³-hybridized carbons (Fsp3) is 0.400. The third-order valence-electron chi connectivity index (χ3n) is 4.05. The molecule has 0 atom stereocenters. The van der Waals surface area contributed by atoms with Gasteiger partial charge in [-0.25, -0.2) is 0 Å². The molecule has 0 saturated heterocycles. The largest absolute Gasteiger partial charge is 0.396 e. The Morgan fingerprint density at radius 1 is 0.682 bits per heavy atom. The monoisotopic (exact) mass is 298 g/mol. The lowest BCUT2D eigenvalue weighted by atomic mass is 9.84. The van der Waals surface area contributed by atoms with Gasteiger partial charge in [0.15, 0.2) is 0 Å². The second-order valence-corrected chi connectivity index (χ2v) is 6.08. The first-order chi connectivity index (χ1) is 10.7. The van der Waals surface area contributed by atoms with Crippen molar-refractivity contribution in [1.29, 1.82) is 0 Å². The molecule has 0 unspecified atom stereocenters. The molecule has 2 nitrogen and oxygen atoms in total. The van der Waals surface area contributed by atoms with Crippen molar-refractivity contribution < 1.29 is 10.2 Å². The molecular weight excluding hydrogens is 272 g/mol. The molecule has 0 aromatic heterocycles. The van der Waals surface area contributed by atoms with E-state index in [9.17, 15) is 5.11 Å². The van der Waals surface area contributed by atoms with Crippen molar-refractivity contribution in [2.45, 2.75) is 44.1 Å². The molecule has 0 fully saturated rings. The van der Waals surface area contributed by atoms with Gasteiger partial charge in [-0.2, -0.15) is 0 Å². The molecule has 0 aliphatic rings. The lowest BCUT2D eigenvalue weighted by Gasteiger charge is -2.29. The van der Waals surface area contributed by atoms with Crippen LogP contribution in [0.25, 0.3) is 0 Å². The van der Waals surface area contributed by atoms with Gasteiger partial charge in [0.25, 0.3) is 0 Å². The summed E-state index contributed by atoms with van der Waals surface area (Å²) in [6.45, 7) is 0.232. The Hall–Kier alpha value is -1.64. The third-order valence-corrected chi connectivity index (χ3v) is 4.05. The van der Waals surface area contributed by atoms with Crippen LogP contribution in [-0.2, 0) is 12.8 Å². The molecule has 0 bridgehead atoms. The third kappa shape index (κ3) is 5.63. The second kappa shape index (κ2) is 8.72. The Balaban J connectivity index is 2.05. The van der Waals surface area contributed by atoms with E-state index in [0.717, 1.165) is 25.7 Å². The molecule has 2 rings (SSSR count). The van der Waals surface area contributed by atoms with E-state index < -0.39 is 5.60 Å². The number of aliphatic hydroxyl groups excluding tert-OH is 1. The van der Waals surface area contributed by atoms with Gasteiger partial charge < -0.3 is 10.2 Å². The SMILES string of the molecule is OCCCCCC(O)(Cc1ccccc1)Cc1ccccc1. The normalized spacial score (nSPS) is 11.5. The Kier molecular flexibility index (Phi) is 6.63. The van der Waals surface area contributed by atoms with Crippen molar-refractivity contribution >= 4 is 0 Å². The first-order valence-electron chi connectivity index (χ1n) is 8.13. The lowest BCUT2D eigenvalue weighted by molar-refractivity contribution is 0.0290. The first kappa shape index (κ1) is 16.7. The molecule has 118 valence electrons. The molecule has 2 heteroatoms. The van der Waals surface area contributed by atoms with E-state index in [2.05, 4.69) is 24.3 Å². The predicted octanol–water partition coefficient (Wildman–Crippen LogP) is 3.76. The number of hydrogen-bond donors (Lipinski definition) is 2. The van der Waals surface area contributed by atoms with Gasteiger partial charge in [-0.15, -0.1) is 0 Å². The summed E-state index contributed by atoms with van der Waals surface area (Å²) in [5.41, 5.74) is 1.62. The van der Waals surface area contributed by atoms with Crippen molar-refractivity contribution in [2.75, 3.05) is 6.61 Å². The highest BCUT2D eigenvalue weighted by Crippen LogP contribution is 2.25. The molecule has 2 aromatic rings. The molecule has 0 aliphatic heterocycles. The van der Waals surface area contributed by atoms with E-state index in [4.69, 9.17) is 5.11 Å². The van der Waals surface area contributed by atoms with E-state index in [1.165, 1.54) is 11.1 Å². The van der Waals surface area contributed by atoms with Crippen LogP contribution >= 0.6 is 0 Å². The minimum absolute atomic E-state index is 0.232. The first-order valence-corrected chi connectivity index (χ1v) is 8.13. The van der Waals surface area contributed by atoms with Crippen LogP contribution in [0.1, 0.15) is 36.8 Å². The molecular formula is C20H26O2. The van der Waals surface area contributed by atoms with Crippen molar-refractivity contribution in [3.63, 3.8) is 0 Å². The number of benzene rings is 2. The number of aliphatic hydroxyl groups is 2. The maximum atomic E-state index is 11.2. The molecule has 22 heavy (non-hydrogen) atoms. The molecule has 2 aromatic carbocycles. The van der Waals surface area contributed by atoms with Crippen molar-refractivity contribution in [2.24, 2.45) is 0 Å². The minimum atomic E-state index is -0.724. The Labute approximate surface area is 133 Å². The summed E-state index contributed by atoms with van der Waals surface area (Å²) in [5.74, 6) is 0. The van der Waals surface area contributed by atoms with Crippen LogP contribution < -0.4 is 0 Å². The highest BCUT2D eigenvalue weighted by Gasteiger charge is 2.27. The standard InChI is InChI=1S/C20H26O2/c21-15-9-3-8-14-20(22,16-18-10-4-1-5-11-18)17-19-12-6-2-7-13-19/h1-2,4-7,10-13,21-22H,3,8-9,14-17H2. The van der Waals surface area contributed by atoms with Crippen LogP contribution in [0.3, 0.4) is 0 Å². The molecule has 0 amide bonds. The van der Waals surface area contributed by atoms with Gasteiger partial charge in [-0.05, 0) is 24.0 Å². The van der Waals surface area contributed by atoms with Gasteiger partial charge in [-0.3, -0.25) is 0 Å². The Bertz CT molecular complexity index is 480. The quantitative estimate of drug-likeness (QED) is 0.692. The van der Waals surface area contributed by atoms with Crippen LogP contribution in [-0.4, -0.2) is 22.4 Å². The summed E-state index contributed by atoms with van der Waals surface area (Å²) in [4.78, 5) is 0. The minimum Gasteiger partial charge on any atom is -0.396 e. The van der Waals surface area contributed by atoms with E-state index in [-0.39, 0.29) is 6.61 Å². The van der Waals surface area contributed by atoms with E-state index >= 15 is 0 Å². The van der Waals surface area contributed by atoms with Crippen molar-refractivity contribution in [1.82, 2.24) is 0 Å².